The molecule has 0 atom stereocenters. The Kier molecular flexibility index (Phi) is 10.1. The second-order valence-corrected chi connectivity index (χ2v) is 15.4. The quantitative estimate of drug-likeness (QED) is 0.143. The van der Waals surface area contributed by atoms with E-state index in [9.17, 15) is 0 Å². The van der Waals surface area contributed by atoms with Crippen molar-refractivity contribution in [1.82, 2.24) is 34.9 Å². The van der Waals surface area contributed by atoms with Gasteiger partial charge in [-0.3, -0.25) is 4.98 Å². The number of benzene rings is 8. The van der Waals surface area contributed by atoms with E-state index < -0.39 is 0 Å². The van der Waals surface area contributed by atoms with Gasteiger partial charge in [-0.05, 0) is 74.5 Å². The third-order valence-electron chi connectivity index (χ3n) is 11.3. The van der Waals surface area contributed by atoms with Gasteiger partial charge in [0.25, 0.3) is 0 Å². The Balaban J connectivity index is 1.06. The van der Waals surface area contributed by atoms with E-state index in [1.807, 2.05) is 122 Å². The fourth-order valence-electron chi connectivity index (χ4n) is 8.10. The number of fused-ring (bicyclic) bond motifs is 1. The van der Waals surface area contributed by atoms with Gasteiger partial charge >= 0.3 is 0 Å². The van der Waals surface area contributed by atoms with Crippen molar-refractivity contribution in [2.75, 3.05) is 0 Å². The first-order valence-electron chi connectivity index (χ1n) is 21.1. The van der Waals surface area contributed by atoms with Crippen LogP contribution in [0.2, 0.25) is 0 Å². The summed E-state index contributed by atoms with van der Waals surface area (Å²) >= 11 is 0. The molecule has 0 aliphatic heterocycles. The van der Waals surface area contributed by atoms with E-state index in [0.717, 1.165) is 77.5 Å². The first-order chi connectivity index (χ1) is 31.7. The van der Waals surface area contributed by atoms with Crippen molar-refractivity contribution in [2.24, 2.45) is 0 Å². The molecule has 0 aliphatic carbocycles. The largest absolute Gasteiger partial charge is 0.265 e. The summed E-state index contributed by atoms with van der Waals surface area (Å²) in [6.45, 7) is 0. The van der Waals surface area contributed by atoms with Crippen molar-refractivity contribution in [2.45, 2.75) is 0 Å². The Bertz CT molecular complexity index is 3380. The number of rotatable bonds is 9. The molecule has 0 radical (unpaired) electrons. The van der Waals surface area contributed by atoms with Gasteiger partial charge in [0.15, 0.2) is 34.9 Å². The average Bonchev–Trinajstić information content (AvgIpc) is 3.39. The van der Waals surface area contributed by atoms with Crippen LogP contribution in [0.5, 0.6) is 0 Å². The molecule has 7 heteroatoms. The highest BCUT2D eigenvalue weighted by atomic mass is 15.0. The molecular weight excluding hydrogens is 783 g/mol. The number of hydrogen-bond donors (Lipinski definition) is 0. The van der Waals surface area contributed by atoms with E-state index in [4.69, 9.17) is 29.9 Å². The second kappa shape index (κ2) is 16.9. The lowest BCUT2D eigenvalue weighted by molar-refractivity contribution is 1.07. The predicted octanol–water partition coefficient (Wildman–Crippen LogP) is 13.6. The van der Waals surface area contributed by atoms with Crippen molar-refractivity contribution in [3.8, 4) is 102 Å². The molecule has 0 saturated carbocycles. The maximum Gasteiger partial charge on any atom is 0.164 e. The standard InChI is InChI=1S/C57H37N7/c1-4-16-40(17-5-1)52-60-55(62-56(61-52)47-28-27-38-15-10-11-22-43(38)35-47)46-24-14-23-44(36-46)51-37-45(29-30-49(51)39-31-33-58-34-32-39)48-25-12-13-26-50(48)57-63-53(41-18-6-2-7-19-41)59-54(64-57)42-20-8-3-9-21-42/h1-37H. The van der Waals surface area contributed by atoms with E-state index in [1.54, 1.807) is 0 Å². The van der Waals surface area contributed by atoms with Crippen LogP contribution in [0.1, 0.15) is 0 Å². The van der Waals surface area contributed by atoms with Crippen LogP contribution in [-0.4, -0.2) is 34.9 Å². The lowest BCUT2D eigenvalue weighted by Crippen LogP contribution is -2.01. The molecule has 3 aromatic heterocycles. The van der Waals surface area contributed by atoms with Gasteiger partial charge < -0.3 is 0 Å². The Labute approximate surface area is 370 Å². The zero-order valence-corrected chi connectivity index (χ0v) is 34.5. The fraction of sp³-hybridized carbons (Fsp3) is 0. The van der Waals surface area contributed by atoms with Gasteiger partial charge in [0.2, 0.25) is 0 Å². The topological polar surface area (TPSA) is 90.2 Å². The summed E-state index contributed by atoms with van der Waals surface area (Å²) in [6, 6.07) is 72.4. The van der Waals surface area contributed by atoms with Crippen LogP contribution in [0.3, 0.4) is 0 Å². The van der Waals surface area contributed by atoms with Crippen LogP contribution in [0.25, 0.3) is 112 Å². The lowest BCUT2D eigenvalue weighted by atomic mass is 9.89. The summed E-state index contributed by atoms with van der Waals surface area (Å²) < 4.78 is 0. The minimum atomic E-state index is 0.587. The van der Waals surface area contributed by atoms with Gasteiger partial charge in [0.1, 0.15) is 0 Å². The molecule has 11 aromatic rings. The number of aromatic nitrogens is 7. The molecule has 0 spiro atoms. The minimum Gasteiger partial charge on any atom is -0.265 e. The van der Waals surface area contributed by atoms with Crippen LogP contribution in [0, 0.1) is 0 Å². The Morgan fingerprint density at radius 2 is 0.625 bits per heavy atom. The van der Waals surface area contributed by atoms with Crippen LogP contribution in [0.15, 0.2) is 225 Å². The predicted molar refractivity (Wildman–Crippen MR) is 257 cm³/mol. The minimum absolute atomic E-state index is 0.587. The van der Waals surface area contributed by atoms with E-state index in [0.29, 0.717) is 34.9 Å². The third kappa shape index (κ3) is 7.70. The summed E-state index contributed by atoms with van der Waals surface area (Å²) in [6.07, 6.45) is 3.66. The van der Waals surface area contributed by atoms with Gasteiger partial charge in [-0.1, -0.05) is 182 Å². The van der Waals surface area contributed by atoms with Gasteiger partial charge in [0, 0.05) is 45.8 Å². The summed E-state index contributed by atoms with van der Waals surface area (Å²) in [5.74, 6) is 3.63. The molecule has 0 fully saturated rings. The molecule has 3 heterocycles. The molecule has 0 N–H and O–H groups in total. The van der Waals surface area contributed by atoms with Crippen LogP contribution in [-0.2, 0) is 0 Å². The molecule has 0 saturated heterocycles. The van der Waals surface area contributed by atoms with Crippen LogP contribution in [0.4, 0.5) is 0 Å². The van der Waals surface area contributed by atoms with Crippen molar-refractivity contribution in [3.63, 3.8) is 0 Å². The maximum absolute atomic E-state index is 5.14. The molecule has 7 nitrogen and oxygen atoms in total. The molecular formula is C57H37N7. The molecule has 0 aliphatic rings. The molecule has 300 valence electrons. The van der Waals surface area contributed by atoms with E-state index in [1.165, 1.54) is 0 Å². The highest BCUT2D eigenvalue weighted by molar-refractivity contribution is 5.91. The van der Waals surface area contributed by atoms with E-state index >= 15 is 0 Å². The molecule has 8 aromatic carbocycles. The normalized spacial score (nSPS) is 11.1. The molecule has 0 amide bonds. The molecule has 11 rings (SSSR count). The Hall–Kier alpha value is -8.81. The molecule has 0 unspecified atom stereocenters. The molecule has 0 bridgehead atoms. The van der Waals surface area contributed by atoms with Gasteiger partial charge in [-0.25, -0.2) is 29.9 Å². The van der Waals surface area contributed by atoms with Crippen molar-refractivity contribution in [1.29, 1.82) is 0 Å². The number of nitrogens with zero attached hydrogens (tertiary/aromatic N) is 7. The van der Waals surface area contributed by atoms with Crippen molar-refractivity contribution >= 4 is 10.8 Å². The second-order valence-electron chi connectivity index (χ2n) is 15.4. The third-order valence-corrected chi connectivity index (χ3v) is 11.3. The van der Waals surface area contributed by atoms with Crippen LogP contribution < -0.4 is 0 Å². The summed E-state index contributed by atoms with van der Waals surface area (Å²) in [7, 11) is 0. The van der Waals surface area contributed by atoms with Gasteiger partial charge in [-0.2, -0.15) is 0 Å². The smallest absolute Gasteiger partial charge is 0.164 e. The Morgan fingerprint density at radius 3 is 1.23 bits per heavy atom. The maximum atomic E-state index is 5.14. The monoisotopic (exact) mass is 819 g/mol. The lowest BCUT2D eigenvalue weighted by Gasteiger charge is -2.16. The van der Waals surface area contributed by atoms with E-state index in [-0.39, 0.29) is 0 Å². The van der Waals surface area contributed by atoms with Gasteiger partial charge in [0.05, 0.1) is 0 Å². The summed E-state index contributed by atoms with van der Waals surface area (Å²) in [5, 5.41) is 2.28. The highest BCUT2D eigenvalue weighted by Gasteiger charge is 2.19. The van der Waals surface area contributed by atoms with Crippen LogP contribution >= 0.6 is 0 Å². The fourth-order valence-corrected chi connectivity index (χ4v) is 8.10. The molecule has 64 heavy (non-hydrogen) atoms. The highest BCUT2D eigenvalue weighted by Crippen LogP contribution is 2.40. The first-order valence-corrected chi connectivity index (χ1v) is 21.1. The average molecular weight is 820 g/mol. The van der Waals surface area contributed by atoms with Crippen molar-refractivity contribution < 1.29 is 0 Å². The first kappa shape index (κ1) is 38.1. The zero-order valence-electron chi connectivity index (χ0n) is 34.5. The SMILES string of the molecule is c1ccc(-c2nc(-c3cccc(-c4cc(-c5ccccc5-c5nc(-c6ccccc6)nc(-c6ccccc6)n5)ccc4-c4ccncc4)c3)nc(-c3ccc4ccccc4c3)n2)cc1. The Morgan fingerprint density at radius 1 is 0.203 bits per heavy atom. The summed E-state index contributed by atoms with van der Waals surface area (Å²) in [5.41, 5.74) is 11.6. The summed E-state index contributed by atoms with van der Waals surface area (Å²) in [4.78, 5) is 34.7. The zero-order chi connectivity index (χ0) is 42.7. The number of hydrogen-bond acceptors (Lipinski definition) is 7. The van der Waals surface area contributed by atoms with E-state index in [2.05, 4.69) is 108 Å². The van der Waals surface area contributed by atoms with Gasteiger partial charge in [-0.15, -0.1) is 0 Å². The van der Waals surface area contributed by atoms with Crippen molar-refractivity contribution in [3.05, 3.63) is 225 Å². The number of pyridine rings is 1.